The average Bonchev–Trinajstić information content (AvgIpc) is 2.36. The fourth-order valence-electron chi connectivity index (χ4n) is 1.42. The zero-order valence-electron chi connectivity index (χ0n) is 9.82. The minimum absolute atomic E-state index is 0.280. The number of carbonyl (C=O) groups excluding carboxylic acids is 3. The SMILES string of the molecule is Cc1ccc(C(=O)C(O)(C(=O)[O-])C(O)C(=O)[O-])cc1. The lowest BCUT2D eigenvalue weighted by Gasteiger charge is -2.32. The van der Waals surface area contributed by atoms with Crippen molar-refractivity contribution in [3.05, 3.63) is 35.4 Å². The number of carboxylic acids is 2. The van der Waals surface area contributed by atoms with Crippen molar-refractivity contribution in [3.63, 3.8) is 0 Å². The molecule has 0 spiro atoms. The first-order valence-corrected chi connectivity index (χ1v) is 5.15. The largest absolute Gasteiger partial charge is 0.547 e. The summed E-state index contributed by atoms with van der Waals surface area (Å²) in [6.07, 6.45) is -2.94. The van der Waals surface area contributed by atoms with E-state index in [1.165, 1.54) is 24.3 Å². The number of hydrogen-bond acceptors (Lipinski definition) is 7. The minimum atomic E-state index is -3.60. The summed E-state index contributed by atoms with van der Waals surface area (Å²) in [4.78, 5) is 33.1. The number of aryl methyl sites for hydroxylation is 1. The number of carbonyl (C=O) groups is 3. The Kier molecular flexibility index (Phi) is 4.03. The van der Waals surface area contributed by atoms with Crippen molar-refractivity contribution in [2.75, 3.05) is 0 Å². The Bertz CT molecular complexity index is 519. The van der Waals surface area contributed by atoms with Crippen LogP contribution in [0.5, 0.6) is 0 Å². The summed E-state index contributed by atoms with van der Waals surface area (Å²) in [5, 5.41) is 40.1. The molecule has 0 aromatic heterocycles. The van der Waals surface area contributed by atoms with E-state index in [4.69, 9.17) is 5.11 Å². The van der Waals surface area contributed by atoms with Gasteiger partial charge >= 0.3 is 0 Å². The highest BCUT2D eigenvalue weighted by molar-refractivity contribution is 6.17. The molecule has 1 aromatic carbocycles. The first-order chi connectivity index (χ1) is 8.71. The number of carboxylic acid groups (broad SMARTS) is 2. The molecule has 1 aromatic rings. The smallest absolute Gasteiger partial charge is 0.203 e. The van der Waals surface area contributed by atoms with E-state index < -0.39 is 29.4 Å². The topological polar surface area (TPSA) is 138 Å². The number of aliphatic carboxylic acids is 2. The third-order valence-corrected chi connectivity index (χ3v) is 2.59. The van der Waals surface area contributed by atoms with Crippen LogP contribution in [0.25, 0.3) is 0 Å². The van der Waals surface area contributed by atoms with Gasteiger partial charge in [0.05, 0.1) is 11.9 Å². The molecule has 0 saturated heterocycles. The van der Waals surface area contributed by atoms with E-state index in [1.54, 1.807) is 6.92 Å². The Hall–Kier alpha value is -2.25. The second-order valence-corrected chi connectivity index (χ2v) is 3.97. The van der Waals surface area contributed by atoms with Crippen molar-refractivity contribution < 1.29 is 34.8 Å². The first-order valence-electron chi connectivity index (χ1n) is 5.15. The summed E-state index contributed by atoms with van der Waals surface area (Å²) in [6.45, 7) is 1.70. The van der Waals surface area contributed by atoms with Crippen LogP contribution in [0.1, 0.15) is 15.9 Å². The van der Waals surface area contributed by atoms with Gasteiger partial charge in [-0.05, 0) is 6.92 Å². The average molecular weight is 266 g/mol. The predicted molar refractivity (Wildman–Crippen MR) is 56.5 cm³/mol. The van der Waals surface area contributed by atoms with Gasteiger partial charge in [0, 0.05) is 5.56 Å². The number of benzene rings is 1. The van der Waals surface area contributed by atoms with Crippen LogP contribution < -0.4 is 10.2 Å². The lowest BCUT2D eigenvalue weighted by molar-refractivity contribution is -0.339. The Morgan fingerprint density at radius 3 is 2.00 bits per heavy atom. The van der Waals surface area contributed by atoms with E-state index in [9.17, 15) is 29.7 Å². The molecule has 19 heavy (non-hydrogen) atoms. The molecule has 0 radical (unpaired) electrons. The molecule has 0 fully saturated rings. The number of ketones is 1. The zero-order chi connectivity index (χ0) is 14.8. The van der Waals surface area contributed by atoms with Gasteiger partial charge in [-0.2, -0.15) is 0 Å². The molecular formula is C12H10O7-2. The Labute approximate surface area is 107 Å². The molecule has 2 atom stereocenters. The number of rotatable bonds is 5. The maximum Gasteiger partial charge on any atom is 0.203 e. The van der Waals surface area contributed by atoms with Gasteiger partial charge in [0.15, 0.2) is 5.60 Å². The van der Waals surface area contributed by atoms with E-state index in [-0.39, 0.29) is 5.56 Å². The number of hydrogen-bond donors (Lipinski definition) is 2. The fourth-order valence-corrected chi connectivity index (χ4v) is 1.42. The molecule has 0 aliphatic rings. The summed E-state index contributed by atoms with van der Waals surface area (Å²) >= 11 is 0. The van der Waals surface area contributed by atoms with Gasteiger partial charge in [-0.15, -0.1) is 0 Å². The highest BCUT2D eigenvalue weighted by atomic mass is 16.4. The van der Waals surface area contributed by atoms with Gasteiger partial charge in [0.2, 0.25) is 5.78 Å². The van der Waals surface area contributed by atoms with Crippen molar-refractivity contribution in [3.8, 4) is 0 Å². The standard InChI is InChI=1S/C12H12O7/c1-6-2-4-7(5-3-6)8(13)12(19,11(17)18)9(14)10(15)16/h2-5,9,14,19H,1H3,(H,15,16)(H,17,18)/p-2. The monoisotopic (exact) mass is 266 g/mol. The van der Waals surface area contributed by atoms with Gasteiger partial charge in [-0.3, -0.25) is 4.79 Å². The van der Waals surface area contributed by atoms with Crippen molar-refractivity contribution in [1.29, 1.82) is 0 Å². The van der Waals surface area contributed by atoms with E-state index in [2.05, 4.69) is 0 Å². The molecule has 0 bridgehead atoms. The Morgan fingerprint density at radius 1 is 1.16 bits per heavy atom. The van der Waals surface area contributed by atoms with E-state index in [0.717, 1.165) is 5.56 Å². The lowest BCUT2D eigenvalue weighted by Crippen LogP contribution is -2.65. The molecule has 2 unspecified atom stereocenters. The van der Waals surface area contributed by atoms with Crippen LogP contribution in [-0.4, -0.2) is 39.6 Å². The normalized spacial score (nSPS) is 15.3. The van der Waals surface area contributed by atoms with Crippen molar-refractivity contribution in [2.45, 2.75) is 18.6 Å². The van der Waals surface area contributed by atoms with Crippen LogP contribution in [0.2, 0.25) is 0 Å². The van der Waals surface area contributed by atoms with Crippen LogP contribution in [-0.2, 0) is 9.59 Å². The fraction of sp³-hybridized carbons (Fsp3) is 0.250. The number of aliphatic hydroxyl groups is 2. The van der Waals surface area contributed by atoms with Crippen LogP contribution in [0.4, 0.5) is 0 Å². The highest BCUT2D eigenvalue weighted by Gasteiger charge is 2.46. The van der Waals surface area contributed by atoms with Gasteiger partial charge in [-0.1, -0.05) is 29.8 Å². The van der Waals surface area contributed by atoms with Crippen LogP contribution in [0.3, 0.4) is 0 Å². The number of Topliss-reactive ketones (excluding diaryl/α,β-unsaturated/α-hetero) is 1. The predicted octanol–water partition coefficient (Wildman–Crippen LogP) is -3.23. The Morgan fingerprint density at radius 2 is 1.63 bits per heavy atom. The molecule has 102 valence electrons. The quantitative estimate of drug-likeness (QED) is 0.422. The molecule has 2 N–H and O–H groups in total. The van der Waals surface area contributed by atoms with E-state index >= 15 is 0 Å². The maximum atomic E-state index is 11.8. The molecule has 0 aliphatic heterocycles. The second-order valence-electron chi connectivity index (χ2n) is 3.97. The summed E-state index contributed by atoms with van der Waals surface area (Å²) in [5.74, 6) is -6.22. The molecule has 0 aliphatic carbocycles. The van der Waals surface area contributed by atoms with Crippen LogP contribution >= 0.6 is 0 Å². The van der Waals surface area contributed by atoms with Crippen molar-refractivity contribution in [1.82, 2.24) is 0 Å². The molecule has 7 nitrogen and oxygen atoms in total. The molecule has 0 saturated carbocycles. The van der Waals surface area contributed by atoms with Crippen molar-refractivity contribution >= 4 is 17.7 Å². The minimum Gasteiger partial charge on any atom is -0.547 e. The third-order valence-electron chi connectivity index (χ3n) is 2.59. The summed E-state index contributed by atoms with van der Waals surface area (Å²) in [6, 6.07) is 5.28. The van der Waals surface area contributed by atoms with Crippen LogP contribution in [0, 0.1) is 6.92 Å². The van der Waals surface area contributed by atoms with E-state index in [1.807, 2.05) is 0 Å². The van der Waals surface area contributed by atoms with Crippen molar-refractivity contribution in [2.24, 2.45) is 0 Å². The molecular weight excluding hydrogens is 256 g/mol. The Balaban J connectivity index is 3.27. The molecule has 0 heterocycles. The summed E-state index contributed by atoms with van der Waals surface area (Å²) in [5.41, 5.74) is -3.12. The summed E-state index contributed by atoms with van der Waals surface area (Å²) in [7, 11) is 0. The summed E-state index contributed by atoms with van der Waals surface area (Å²) < 4.78 is 0. The van der Waals surface area contributed by atoms with Gasteiger partial charge in [0.25, 0.3) is 0 Å². The van der Waals surface area contributed by atoms with Gasteiger partial charge < -0.3 is 30.0 Å². The first kappa shape index (κ1) is 14.8. The van der Waals surface area contributed by atoms with Gasteiger partial charge in [0.1, 0.15) is 6.10 Å². The highest BCUT2D eigenvalue weighted by Crippen LogP contribution is 2.18. The molecule has 0 amide bonds. The second kappa shape index (κ2) is 5.17. The molecule has 7 heteroatoms. The molecule has 1 rings (SSSR count). The van der Waals surface area contributed by atoms with Gasteiger partial charge in [-0.25, -0.2) is 0 Å². The van der Waals surface area contributed by atoms with E-state index in [0.29, 0.717) is 0 Å². The number of aliphatic hydroxyl groups excluding tert-OH is 1. The third kappa shape index (κ3) is 2.61. The van der Waals surface area contributed by atoms with Crippen LogP contribution in [0.15, 0.2) is 24.3 Å². The lowest BCUT2D eigenvalue weighted by atomic mass is 9.87. The maximum absolute atomic E-state index is 11.8. The zero-order valence-corrected chi connectivity index (χ0v) is 9.82.